The minimum atomic E-state index is -0.439. The van der Waals surface area contributed by atoms with Gasteiger partial charge in [0, 0.05) is 41.1 Å². The molecule has 0 atom stereocenters. The van der Waals surface area contributed by atoms with E-state index in [4.69, 9.17) is 10.7 Å². The van der Waals surface area contributed by atoms with Crippen LogP contribution in [0.4, 0.5) is 17.1 Å². The van der Waals surface area contributed by atoms with Gasteiger partial charge in [-0.05, 0) is 66.9 Å². The Hall–Kier alpha value is -4.64. The molecular weight excluding hydrogens is 456 g/mol. The van der Waals surface area contributed by atoms with Gasteiger partial charge < -0.3 is 16.0 Å². The number of aryl methyl sites for hydroxylation is 1. The highest BCUT2D eigenvalue weighted by Crippen LogP contribution is 2.32. The van der Waals surface area contributed by atoms with E-state index in [2.05, 4.69) is 70.9 Å². The molecule has 0 aliphatic rings. The smallest absolute Gasteiger partial charge is 0.248 e. The second-order valence-electron chi connectivity index (χ2n) is 9.15. The fourth-order valence-electron chi connectivity index (χ4n) is 4.61. The van der Waals surface area contributed by atoms with E-state index < -0.39 is 5.91 Å². The van der Waals surface area contributed by atoms with Gasteiger partial charge in [-0.3, -0.25) is 9.78 Å². The van der Waals surface area contributed by atoms with Crippen LogP contribution in [-0.2, 0) is 6.42 Å². The minimum Gasteiger partial charge on any atom is -0.383 e. The van der Waals surface area contributed by atoms with Crippen molar-refractivity contribution in [2.24, 2.45) is 5.73 Å². The third-order valence-corrected chi connectivity index (χ3v) is 6.43. The topological polar surface area (TPSA) is 71.2 Å². The van der Waals surface area contributed by atoms with Crippen molar-refractivity contribution in [3.05, 3.63) is 132 Å². The third kappa shape index (κ3) is 5.78. The zero-order valence-corrected chi connectivity index (χ0v) is 20.9. The molecule has 37 heavy (non-hydrogen) atoms. The van der Waals surface area contributed by atoms with Gasteiger partial charge in [0.15, 0.2) is 0 Å². The number of primary amides is 1. The van der Waals surface area contributed by atoms with Gasteiger partial charge >= 0.3 is 0 Å². The predicted molar refractivity (Wildman–Crippen MR) is 153 cm³/mol. The summed E-state index contributed by atoms with van der Waals surface area (Å²) in [6.45, 7) is 3.39. The number of hydrogen-bond acceptors (Lipinski definition) is 4. The number of carbonyl (C=O) groups is 1. The molecule has 3 N–H and O–H groups in total. The van der Waals surface area contributed by atoms with E-state index in [0.717, 1.165) is 40.1 Å². The van der Waals surface area contributed by atoms with Crippen LogP contribution in [0, 0.1) is 6.92 Å². The Kier molecular flexibility index (Phi) is 7.13. The number of para-hydroxylation sites is 1. The molecule has 5 rings (SSSR count). The minimum absolute atomic E-state index is 0.439. The number of nitrogens with one attached hydrogen (secondary N) is 1. The Morgan fingerprint density at radius 1 is 0.838 bits per heavy atom. The fourth-order valence-corrected chi connectivity index (χ4v) is 4.61. The number of nitrogens with zero attached hydrogens (tertiary/aromatic N) is 2. The Morgan fingerprint density at radius 3 is 2.35 bits per heavy atom. The van der Waals surface area contributed by atoms with Crippen LogP contribution in [0.25, 0.3) is 10.9 Å². The molecule has 1 heterocycles. The monoisotopic (exact) mass is 486 g/mol. The molecule has 5 aromatic rings. The van der Waals surface area contributed by atoms with Crippen molar-refractivity contribution in [1.29, 1.82) is 0 Å². The number of amides is 1. The van der Waals surface area contributed by atoms with Crippen LogP contribution in [0.5, 0.6) is 0 Å². The van der Waals surface area contributed by atoms with Crippen molar-refractivity contribution in [1.82, 2.24) is 4.98 Å². The lowest BCUT2D eigenvalue weighted by Gasteiger charge is -2.27. The van der Waals surface area contributed by atoms with Gasteiger partial charge in [0.2, 0.25) is 5.91 Å². The summed E-state index contributed by atoms with van der Waals surface area (Å²) < 4.78 is 0. The van der Waals surface area contributed by atoms with Crippen LogP contribution < -0.4 is 16.0 Å². The summed E-state index contributed by atoms with van der Waals surface area (Å²) in [4.78, 5) is 18.8. The van der Waals surface area contributed by atoms with E-state index in [9.17, 15) is 4.79 Å². The van der Waals surface area contributed by atoms with E-state index in [1.165, 1.54) is 11.1 Å². The summed E-state index contributed by atoms with van der Waals surface area (Å²) in [5.74, 6) is -0.439. The Bertz CT molecular complexity index is 1510. The maximum Gasteiger partial charge on any atom is 0.248 e. The maximum absolute atomic E-state index is 11.9. The lowest BCUT2D eigenvalue weighted by Crippen LogP contribution is -2.25. The lowest BCUT2D eigenvalue weighted by atomic mass is 10.0. The second kappa shape index (κ2) is 11.0. The van der Waals surface area contributed by atoms with Gasteiger partial charge in [0.05, 0.1) is 11.2 Å². The van der Waals surface area contributed by atoms with E-state index in [0.29, 0.717) is 18.7 Å². The van der Waals surface area contributed by atoms with Crippen LogP contribution in [-0.4, -0.2) is 24.0 Å². The first-order chi connectivity index (χ1) is 18.1. The van der Waals surface area contributed by atoms with Crippen LogP contribution in [0.1, 0.15) is 27.2 Å². The van der Waals surface area contributed by atoms with Gasteiger partial charge in [-0.2, -0.15) is 0 Å². The van der Waals surface area contributed by atoms with Gasteiger partial charge in [0.1, 0.15) is 0 Å². The molecule has 0 aliphatic heterocycles. The molecule has 0 aliphatic carbocycles. The third-order valence-electron chi connectivity index (χ3n) is 6.43. The molecule has 0 bridgehead atoms. The maximum atomic E-state index is 11.9. The number of nitrogens with two attached hydrogens (primary N) is 1. The van der Waals surface area contributed by atoms with Gasteiger partial charge in [-0.15, -0.1) is 0 Å². The summed E-state index contributed by atoms with van der Waals surface area (Å²) in [5.41, 5.74) is 13.6. The standard InChI is InChI=1S/C32H30N4O/c1-23-20-31(29-12-5-6-13-30(29)35-23)36(28-11-7-10-26(22-28)32(33)37)19-18-34-27-16-14-25(15-17-27)21-24-8-3-2-4-9-24/h2-17,20,22,34H,18-19,21H2,1H3,(H2,33,37). The number of fused-ring (bicyclic) bond motifs is 1. The van der Waals surface area contributed by atoms with Gasteiger partial charge in [0.25, 0.3) is 0 Å². The van der Waals surface area contributed by atoms with Crippen molar-refractivity contribution in [3.63, 3.8) is 0 Å². The molecular formula is C32H30N4O. The second-order valence-corrected chi connectivity index (χ2v) is 9.15. The van der Waals surface area contributed by atoms with Crippen LogP contribution in [0.15, 0.2) is 109 Å². The number of benzene rings is 4. The first-order valence-corrected chi connectivity index (χ1v) is 12.5. The molecule has 5 heteroatoms. The Morgan fingerprint density at radius 2 is 1.57 bits per heavy atom. The van der Waals surface area contributed by atoms with Gasteiger partial charge in [-0.1, -0.05) is 66.7 Å². The van der Waals surface area contributed by atoms with E-state index >= 15 is 0 Å². The predicted octanol–water partition coefficient (Wildman–Crippen LogP) is 6.48. The van der Waals surface area contributed by atoms with E-state index in [1.54, 1.807) is 6.07 Å². The lowest BCUT2D eigenvalue weighted by molar-refractivity contribution is 0.100. The molecule has 0 radical (unpaired) electrons. The van der Waals surface area contributed by atoms with Crippen molar-refractivity contribution in [2.75, 3.05) is 23.3 Å². The zero-order chi connectivity index (χ0) is 25.6. The Labute approximate surface area is 217 Å². The highest BCUT2D eigenvalue weighted by Gasteiger charge is 2.15. The highest BCUT2D eigenvalue weighted by molar-refractivity contribution is 5.96. The molecule has 4 aromatic carbocycles. The molecule has 0 unspecified atom stereocenters. The molecule has 0 spiro atoms. The molecule has 0 fully saturated rings. The molecule has 5 nitrogen and oxygen atoms in total. The van der Waals surface area contributed by atoms with Crippen molar-refractivity contribution in [2.45, 2.75) is 13.3 Å². The van der Waals surface area contributed by atoms with Crippen LogP contribution in [0.2, 0.25) is 0 Å². The van der Waals surface area contributed by atoms with E-state index in [-0.39, 0.29) is 0 Å². The number of carbonyl (C=O) groups excluding carboxylic acids is 1. The molecule has 0 saturated heterocycles. The van der Waals surface area contributed by atoms with E-state index in [1.807, 2.05) is 49.4 Å². The molecule has 1 amide bonds. The summed E-state index contributed by atoms with van der Waals surface area (Å²) in [7, 11) is 0. The molecule has 0 saturated carbocycles. The highest BCUT2D eigenvalue weighted by atomic mass is 16.1. The van der Waals surface area contributed by atoms with Crippen LogP contribution in [0.3, 0.4) is 0 Å². The normalized spacial score (nSPS) is 10.8. The number of aromatic nitrogens is 1. The number of rotatable bonds is 9. The molecule has 1 aromatic heterocycles. The first-order valence-electron chi connectivity index (χ1n) is 12.5. The molecule has 184 valence electrons. The number of hydrogen-bond donors (Lipinski definition) is 2. The van der Waals surface area contributed by atoms with Crippen LogP contribution >= 0.6 is 0 Å². The SMILES string of the molecule is Cc1cc(N(CCNc2ccc(Cc3ccccc3)cc2)c2cccc(C(N)=O)c2)c2ccccc2n1. The quantitative estimate of drug-likeness (QED) is 0.250. The van der Waals surface area contributed by atoms with Crippen molar-refractivity contribution >= 4 is 33.9 Å². The van der Waals surface area contributed by atoms with Crippen molar-refractivity contribution in [3.8, 4) is 0 Å². The largest absolute Gasteiger partial charge is 0.383 e. The fraction of sp³-hybridized carbons (Fsp3) is 0.125. The summed E-state index contributed by atoms with van der Waals surface area (Å²) in [6.07, 6.45) is 0.916. The number of pyridine rings is 1. The average molecular weight is 487 g/mol. The number of anilines is 3. The average Bonchev–Trinajstić information content (AvgIpc) is 2.92. The van der Waals surface area contributed by atoms with Gasteiger partial charge in [-0.25, -0.2) is 0 Å². The summed E-state index contributed by atoms with van der Waals surface area (Å²) >= 11 is 0. The summed E-state index contributed by atoms with van der Waals surface area (Å²) in [6, 6.07) is 36.8. The summed E-state index contributed by atoms with van der Waals surface area (Å²) in [5, 5.41) is 4.62. The van der Waals surface area contributed by atoms with Crippen molar-refractivity contribution < 1.29 is 4.79 Å². The first kappa shape index (κ1) is 24.1. The zero-order valence-electron chi connectivity index (χ0n) is 20.9. The Balaban J connectivity index is 1.38.